The highest BCUT2D eigenvalue weighted by atomic mass is 16.5. The third kappa shape index (κ3) is 3.51. The predicted octanol–water partition coefficient (Wildman–Crippen LogP) is 4.24. The summed E-state index contributed by atoms with van der Waals surface area (Å²) in [6.07, 6.45) is 1.23. The second kappa shape index (κ2) is 7.49. The molecule has 142 valence electrons. The van der Waals surface area contributed by atoms with E-state index < -0.39 is 5.41 Å². The highest BCUT2D eigenvalue weighted by Crippen LogP contribution is 2.36. The van der Waals surface area contributed by atoms with Gasteiger partial charge in [0, 0.05) is 24.8 Å². The standard InChI is InChI=1S/C23H22N2O3/c1-16(17-5-7-21-18(13-17)6-8-22(26)25-21)28-20-4-2-3-19(14-20)23(15-24)9-11-27-12-10-23/h2-8,13-14,16H,9-12H2,1H3,(H,25,26). The number of hydrogen-bond donors (Lipinski definition) is 1. The van der Waals surface area contributed by atoms with Gasteiger partial charge in [-0.15, -0.1) is 0 Å². The van der Waals surface area contributed by atoms with Crippen molar-refractivity contribution in [1.82, 2.24) is 4.98 Å². The fourth-order valence-corrected chi connectivity index (χ4v) is 3.75. The molecule has 1 unspecified atom stereocenters. The number of hydrogen-bond acceptors (Lipinski definition) is 4. The number of H-pyrrole nitrogens is 1. The van der Waals surface area contributed by atoms with E-state index in [2.05, 4.69) is 11.1 Å². The summed E-state index contributed by atoms with van der Waals surface area (Å²) in [7, 11) is 0. The van der Waals surface area contributed by atoms with Gasteiger partial charge in [0.05, 0.1) is 11.5 Å². The molecule has 5 heteroatoms. The number of nitrogens with zero attached hydrogens (tertiary/aromatic N) is 1. The number of rotatable bonds is 4. The van der Waals surface area contributed by atoms with Crippen molar-refractivity contribution in [2.24, 2.45) is 0 Å². The fraction of sp³-hybridized carbons (Fsp3) is 0.304. The monoisotopic (exact) mass is 374 g/mol. The number of nitriles is 1. The van der Waals surface area contributed by atoms with Gasteiger partial charge >= 0.3 is 0 Å². The Labute approximate surface area is 163 Å². The third-order valence-electron chi connectivity index (χ3n) is 5.48. The Balaban J connectivity index is 1.58. The summed E-state index contributed by atoms with van der Waals surface area (Å²) in [5.41, 5.74) is 2.20. The molecular weight excluding hydrogens is 352 g/mol. The molecule has 2 aromatic carbocycles. The summed E-state index contributed by atoms with van der Waals surface area (Å²) in [5, 5.41) is 10.8. The quantitative estimate of drug-likeness (QED) is 0.741. The number of aromatic amines is 1. The molecule has 1 saturated heterocycles. The lowest BCUT2D eigenvalue weighted by molar-refractivity contribution is 0.0674. The van der Waals surface area contributed by atoms with Gasteiger partial charge in [-0.2, -0.15) is 5.26 Å². The van der Waals surface area contributed by atoms with Crippen molar-refractivity contribution in [3.05, 3.63) is 76.1 Å². The van der Waals surface area contributed by atoms with Gasteiger partial charge < -0.3 is 14.5 Å². The van der Waals surface area contributed by atoms with E-state index in [4.69, 9.17) is 9.47 Å². The van der Waals surface area contributed by atoms with Crippen LogP contribution in [0.15, 0.2) is 59.4 Å². The van der Waals surface area contributed by atoms with Crippen LogP contribution in [0.3, 0.4) is 0 Å². The summed E-state index contributed by atoms with van der Waals surface area (Å²) in [6.45, 7) is 3.20. The number of nitrogens with one attached hydrogen (secondary N) is 1. The van der Waals surface area contributed by atoms with Crippen LogP contribution in [0, 0.1) is 11.3 Å². The molecule has 0 spiro atoms. The maximum atomic E-state index is 11.4. The van der Waals surface area contributed by atoms with Crippen molar-refractivity contribution >= 4 is 10.9 Å². The summed E-state index contributed by atoms with van der Waals surface area (Å²) >= 11 is 0. The second-order valence-electron chi connectivity index (χ2n) is 7.26. The molecular formula is C23H22N2O3. The van der Waals surface area contributed by atoms with E-state index in [0.717, 1.165) is 27.8 Å². The van der Waals surface area contributed by atoms with Crippen molar-refractivity contribution in [2.75, 3.05) is 13.2 Å². The van der Waals surface area contributed by atoms with Gasteiger partial charge in [-0.1, -0.05) is 18.2 Å². The van der Waals surface area contributed by atoms with Crippen LogP contribution in [-0.2, 0) is 10.2 Å². The normalized spacial score (nSPS) is 17.0. The molecule has 2 heterocycles. The van der Waals surface area contributed by atoms with E-state index in [1.54, 1.807) is 0 Å². The number of pyridine rings is 1. The lowest BCUT2D eigenvalue weighted by Gasteiger charge is -2.31. The summed E-state index contributed by atoms with van der Waals surface area (Å²) in [6, 6.07) is 19.6. The Morgan fingerprint density at radius 2 is 1.96 bits per heavy atom. The Hall–Kier alpha value is -3.10. The summed E-state index contributed by atoms with van der Waals surface area (Å²) < 4.78 is 11.6. The number of benzene rings is 2. The third-order valence-corrected chi connectivity index (χ3v) is 5.48. The lowest BCUT2D eigenvalue weighted by Crippen LogP contribution is -2.32. The first-order valence-corrected chi connectivity index (χ1v) is 9.49. The van der Waals surface area contributed by atoms with Gasteiger partial charge in [0.15, 0.2) is 0 Å². The Morgan fingerprint density at radius 3 is 2.75 bits per heavy atom. The van der Waals surface area contributed by atoms with Gasteiger partial charge in [-0.25, -0.2) is 0 Å². The average Bonchev–Trinajstić information content (AvgIpc) is 2.74. The predicted molar refractivity (Wildman–Crippen MR) is 107 cm³/mol. The maximum absolute atomic E-state index is 11.4. The van der Waals surface area contributed by atoms with Crippen molar-refractivity contribution < 1.29 is 9.47 Å². The maximum Gasteiger partial charge on any atom is 0.248 e. The van der Waals surface area contributed by atoms with Crippen molar-refractivity contribution in [1.29, 1.82) is 5.26 Å². The van der Waals surface area contributed by atoms with E-state index in [0.29, 0.717) is 26.1 Å². The molecule has 0 saturated carbocycles. The van der Waals surface area contributed by atoms with Crippen LogP contribution in [0.4, 0.5) is 0 Å². The molecule has 0 radical (unpaired) electrons. The van der Waals surface area contributed by atoms with Crippen molar-refractivity contribution in [3.8, 4) is 11.8 Å². The largest absolute Gasteiger partial charge is 0.486 e. The molecule has 0 bridgehead atoms. The van der Waals surface area contributed by atoms with Crippen LogP contribution in [0.1, 0.15) is 37.0 Å². The van der Waals surface area contributed by atoms with Crippen LogP contribution < -0.4 is 10.3 Å². The van der Waals surface area contributed by atoms with Crippen molar-refractivity contribution in [3.63, 3.8) is 0 Å². The molecule has 1 atom stereocenters. The van der Waals surface area contributed by atoms with Crippen molar-refractivity contribution in [2.45, 2.75) is 31.3 Å². The molecule has 5 nitrogen and oxygen atoms in total. The minimum atomic E-state index is -0.504. The first-order chi connectivity index (χ1) is 13.6. The zero-order valence-corrected chi connectivity index (χ0v) is 15.8. The molecule has 0 aliphatic carbocycles. The zero-order chi connectivity index (χ0) is 19.6. The molecule has 1 N–H and O–H groups in total. The molecule has 3 aromatic rings. The highest BCUT2D eigenvalue weighted by Gasteiger charge is 2.34. The Kier molecular flexibility index (Phi) is 4.89. The van der Waals surface area contributed by atoms with E-state index in [9.17, 15) is 10.1 Å². The molecule has 28 heavy (non-hydrogen) atoms. The number of fused-ring (bicyclic) bond motifs is 1. The Bertz CT molecular complexity index is 1090. The zero-order valence-electron chi connectivity index (χ0n) is 15.8. The molecule has 0 amide bonds. The fourth-order valence-electron chi connectivity index (χ4n) is 3.75. The smallest absolute Gasteiger partial charge is 0.248 e. The minimum absolute atomic E-state index is 0.110. The van der Waals surface area contributed by atoms with Gasteiger partial charge in [0.25, 0.3) is 0 Å². The minimum Gasteiger partial charge on any atom is -0.486 e. The number of aromatic nitrogens is 1. The van der Waals surface area contributed by atoms with Crippen LogP contribution in [0.2, 0.25) is 0 Å². The van der Waals surface area contributed by atoms with Gasteiger partial charge in [0.1, 0.15) is 11.9 Å². The van der Waals surface area contributed by atoms with E-state index in [-0.39, 0.29) is 11.7 Å². The SMILES string of the molecule is CC(Oc1cccc(C2(C#N)CCOCC2)c1)c1ccc2[nH]c(=O)ccc2c1. The highest BCUT2D eigenvalue weighted by molar-refractivity contribution is 5.79. The van der Waals surface area contributed by atoms with Gasteiger partial charge in [0.2, 0.25) is 5.56 Å². The van der Waals surface area contributed by atoms with Crippen LogP contribution >= 0.6 is 0 Å². The van der Waals surface area contributed by atoms with Crippen LogP contribution in [-0.4, -0.2) is 18.2 Å². The molecule has 1 aromatic heterocycles. The van der Waals surface area contributed by atoms with Gasteiger partial charge in [-0.05, 0) is 66.6 Å². The molecule has 4 rings (SSSR count). The first kappa shape index (κ1) is 18.3. The molecule has 1 aliphatic rings. The lowest BCUT2D eigenvalue weighted by atomic mass is 9.75. The first-order valence-electron chi connectivity index (χ1n) is 9.49. The van der Waals surface area contributed by atoms with E-state index in [1.165, 1.54) is 6.07 Å². The molecule has 1 aliphatic heterocycles. The Morgan fingerprint density at radius 1 is 1.14 bits per heavy atom. The van der Waals surface area contributed by atoms with E-state index >= 15 is 0 Å². The topological polar surface area (TPSA) is 75.1 Å². The average molecular weight is 374 g/mol. The summed E-state index contributed by atoms with van der Waals surface area (Å²) in [4.78, 5) is 14.3. The number of ether oxygens (including phenoxy) is 2. The van der Waals surface area contributed by atoms with Crippen LogP contribution in [0.5, 0.6) is 5.75 Å². The van der Waals surface area contributed by atoms with Crippen LogP contribution in [0.25, 0.3) is 10.9 Å². The molecule has 1 fully saturated rings. The second-order valence-corrected chi connectivity index (χ2v) is 7.26. The van der Waals surface area contributed by atoms with E-state index in [1.807, 2.05) is 55.5 Å². The van der Waals surface area contributed by atoms with Gasteiger partial charge in [-0.3, -0.25) is 4.79 Å². The summed E-state index contributed by atoms with van der Waals surface area (Å²) in [5.74, 6) is 0.743.